The van der Waals surface area contributed by atoms with Crippen molar-refractivity contribution in [2.24, 2.45) is 0 Å². The van der Waals surface area contributed by atoms with Gasteiger partial charge in [-0.15, -0.1) is 11.8 Å². The Bertz CT molecular complexity index is 605. The highest BCUT2D eigenvalue weighted by atomic mass is 32.2. The van der Waals surface area contributed by atoms with E-state index in [2.05, 4.69) is 0 Å². The lowest BCUT2D eigenvalue weighted by Crippen LogP contribution is -2.42. The number of carbonyl (C=O) groups is 2. The summed E-state index contributed by atoms with van der Waals surface area (Å²) in [6.45, 7) is 0. The third kappa shape index (κ3) is 2.77. The highest BCUT2D eigenvalue weighted by Crippen LogP contribution is 2.32. The second-order valence-electron chi connectivity index (χ2n) is 4.24. The number of methoxy groups -OCH3 is 1. The van der Waals surface area contributed by atoms with Gasteiger partial charge in [-0.2, -0.15) is 0 Å². The van der Waals surface area contributed by atoms with E-state index in [1.54, 1.807) is 0 Å². The van der Waals surface area contributed by atoms with Gasteiger partial charge in [-0.25, -0.2) is 4.79 Å². The first-order valence-electron chi connectivity index (χ1n) is 5.90. The summed E-state index contributed by atoms with van der Waals surface area (Å²) >= 11 is 1.28. The molecule has 0 spiro atoms. The Kier molecular flexibility index (Phi) is 4.32. The number of amides is 1. The van der Waals surface area contributed by atoms with Crippen molar-refractivity contribution in [3.8, 4) is 5.75 Å². The lowest BCUT2D eigenvalue weighted by molar-refractivity contribution is -0.385. The van der Waals surface area contributed by atoms with Gasteiger partial charge < -0.3 is 14.7 Å². The molecule has 0 aromatic heterocycles. The Morgan fingerprint density at radius 1 is 1.52 bits per heavy atom. The zero-order chi connectivity index (χ0) is 15.6. The molecule has 21 heavy (non-hydrogen) atoms. The van der Waals surface area contributed by atoms with Crippen molar-refractivity contribution in [1.29, 1.82) is 0 Å². The van der Waals surface area contributed by atoms with Gasteiger partial charge in [0.15, 0.2) is 5.56 Å². The molecule has 1 N–H and O–H groups in total. The van der Waals surface area contributed by atoms with Gasteiger partial charge in [0.25, 0.3) is 11.6 Å². The molecule has 112 valence electrons. The summed E-state index contributed by atoms with van der Waals surface area (Å²) in [5.74, 6) is -1.37. The molecule has 1 amide bonds. The zero-order valence-corrected chi connectivity index (χ0v) is 11.8. The van der Waals surface area contributed by atoms with Crippen molar-refractivity contribution in [2.75, 3.05) is 18.7 Å². The Balaban J connectivity index is 2.47. The maximum absolute atomic E-state index is 12.5. The summed E-state index contributed by atoms with van der Waals surface area (Å²) in [5, 5.41) is 20.2. The van der Waals surface area contributed by atoms with Gasteiger partial charge in [0.2, 0.25) is 0 Å². The number of rotatable bonds is 4. The minimum atomic E-state index is -1.13. The van der Waals surface area contributed by atoms with Crippen molar-refractivity contribution < 1.29 is 24.4 Å². The van der Waals surface area contributed by atoms with Crippen molar-refractivity contribution in [2.45, 2.75) is 6.04 Å². The minimum absolute atomic E-state index is 0.0511. The van der Waals surface area contributed by atoms with Gasteiger partial charge in [0.1, 0.15) is 11.8 Å². The maximum atomic E-state index is 12.5. The van der Waals surface area contributed by atoms with Crippen molar-refractivity contribution in [3.05, 3.63) is 33.9 Å². The third-order valence-corrected chi connectivity index (χ3v) is 4.08. The monoisotopic (exact) mass is 312 g/mol. The molecular formula is C12H12N2O6S. The fourth-order valence-electron chi connectivity index (χ4n) is 2.05. The minimum Gasteiger partial charge on any atom is -0.496 e. The van der Waals surface area contributed by atoms with Crippen LogP contribution < -0.4 is 4.74 Å². The number of nitrogens with zero attached hydrogens (tertiary/aromatic N) is 2. The molecule has 2 rings (SSSR count). The molecule has 1 unspecified atom stereocenters. The van der Waals surface area contributed by atoms with Crippen LogP contribution in [-0.4, -0.2) is 51.6 Å². The number of benzene rings is 1. The molecule has 1 saturated heterocycles. The Hall–Kier alpha value is -2.29. The van der Waals surface area contributed by atoms with Crippen LogP contribution in [0.2, 0.25) is 0 Å². The molecule has 0 saturated carbocycles. The van der Waals surface area contributed by atoms with Gasteiger partial charge in [-0.1, -0.05) is 6.07 Å². The van der Waals surface area contributed by atoms with E-state index >= 15 is 0 Å². The number of carboxylic acid groups (broad SMARTS) is 1. The number of aliphatic carboxylic acids is 1. The van der Waals surface area contributed by atoms with Crippen molar-refractivity contribution >= 4 is 29.3 Å². The number of nitro groups is 1. The first-order valence-corrected chi connectivity index (χ1v) is 7.05. The molecule has 1 heterocycles. The zero-order valence-electron chi connectivity index (χ0n) is 11.0. The summed E-state index contributed by atoms with van der Waals surface area (Å²) < 4.78 is 5.01. The number of hydrogen-bond donors (Lipinski definition) is 1. The predicted molar refractivity (Wildman–Crippen MR) is 74.6 cm³/mol. The first kappa shape index (κ1) is 15.1. The van der Waals surface area contributed by atoms with E-state index in [0.717, 1.165) is 4.90 Å². The number of ether oxygens (including phenoxy) is 1. The van der Waals surface area contributed by atoms with E-state index in [9.17, 15) is 19.7 Å². The number of thioether (sulfide) groups is 1. The normalized spacial score (nSPS) is 17.6. The van der Waals surface area contributed by atoms with Gasteiger partial charge in [-0.3, -0.25) is 14.9 Å². The van der Waals surface area contributed by atoms with Crippen molar-refractivity contribution in [3.63, 3.8) is 0 Å². The number of carbonyl (C=O) groups excluding carboxylic acids is 1. The van der Waals surface area contributed by atoms with Crippen LogP contribution in [0.5, 0.6) is 5.75 Å². The van der Waals surface area contributed by atoms with Crippen LogP contribution in [0.3, 0.4) is 0 Å². The van der Waals surface area contributed by atoms with Gasteiger partial charge in [-0.05, 0) is 6.07 Å². The Morgan fingerprint density at radius 3 is 2.81 bits per heavy atom. The topological polar surface area (TPSA) is 110 Å². The van der Waals surface area contributed by atoms with Gasteiger partial charge in [0, 0.05) is 11.8 Å². The van der Waals surface area contributed by atoms with E-state index in [1.807, 2.05) is 0 Å². The molecule has 0 aliphatic carbocycles. The molecule has 1 aliphatic heterocycles. The SMILES string of the molecule is COc1cccc([N+](=O)[O-])c1C(=O)N1CSCC1C(=O)O. The average Bonchev–Trinajstić information content (AvgIpc) is 2.95. The first-order chi connectivity index (χ1) is 9.97. The standard InChI is InChI=1S/C12H12N2O6S/c1-20-9-4-2-3-7(14(18)19)10(9)11(15)13-6-21-5-8(13)12(16)17/h2-4,8H,5-6H2,1H3,(H,16,17). The molecule has 1 fully saturated rings. The molecule has 1 aliphatic rings. The number of carboxylic acids is 1. The molecule has 0 bridgehead atoms. The highest BCUT2D eigenvalue weighted by molar-refractivity contribution is 7.99. The Labute approximate surface area is 123 Å². The Morgan fingerprint density at radius 2 is 2.24 bits per heavy atom. The molecule has 8 nitrogen and oxygen atoms in total. The summed E-state index contributed by atoms with van der Waals surface area (Å²) in [7, 11) is 1.29. The highest BCUT2D eigenvalue weighted by Gasteiger charge is 2.38. The van der Waals surface area contributed by atoms with Crippen LogP contribution in [0.15, 0.2) is 18.2 Å². The fraction of sp³-hybridized carbons (Fsp3) is 0.333. The van der Waals surface area contributed by atoms with E-state index in [-0.39, 0.29) is 22.9 Å². The van der Waals surface area contributed by atoms with Gasteiger partial charge in [0.05, 0.1) is 17.9 Å². The molecular weight excluding hydrogens is 300 g/mol. The lowest BCUT2D eigenvalue weighted by Gasteiger charge is -2.21. The van der Waals surface area contributed by atoms with E-state index in [1.165, 1.54) is 37.1 Å². The van der Waals surface area contributed by atoms with Crippen LogP contribution >= 0.6 is 11.8 Å². The average molecular weight is 312 g/mol. The molecule has 9 heteroatoms. The maximum Gasteiger partial charge on any atom is 0.327 e. The summed E-state index contributed by atoms with van der Waals surface area (Å²) in [6.07, 6.45) is 0. The number of hydrogen-bond acceptors (Lipinski definition) is 6. The summed E-state index contributed by atoms with van der Waals surface area (Å²) in [4.78, 5) is 35.2. The number of nitro benzene ring substituents is 1. The van der Waals surface area contributed by atoms with Crippen molar-refractivity contribution in [1.82, 2.24) is 4.90 Å². The van der Waals surface area contributed by atoms with Crippen LogP contribution in [0.1, 0.15) is 10.4 Å². The van der Waals surface area contributed by atoms with E-state index in [0.29, 0.717) is 0 Å². The molecule has 1 atom stereocenters. The molecule has 1 aromatic rings. The molecule has 1 aromatic carbocycles. The quantitative estimate of drug-likeness (QED) is 0.657. The van der Waals surface area contributed by atoms with E-state index < -0.39 is 28.5 Å². The summed E-state index contributed by atoms with van der Waals surface area (Å²) in [6, 6.07) is 3.03. The lowest BCUT2D eigenvalue weighted by atomic mass is 10.1. The summed E-state index contributed by atoms with van der Waals surface area (Å²) in [5.41, 5.74) is -0.626. The van der Waals surface area contributed by atoms with Crippen LogP contribution in [-0.2, 0) is 4.79 Å². The smallest absolute Gasteiger partial charge is 0.327 e. The van der Waals surface area contributed by atoms with Gasteiger partial charge >= 0.3 is 5.97 Å². The van der Waals surface area contributed by atoms with Crippen LogP contribution in [0.25, 0.3) is 0 Å². The van der Waals surface area contributed by atoms with E-state index in [4.69, 9.17) is 9.84 Å². The second kappa shape index (κ2) is 6.00. The predicted octanol–water partition coefficient (Wildman–Crippen LogP) is 1.20. The second-order valence-corrected chi connectivity index (χ2v) is 5.24. The molecule has 0 radical (unpaired) electrons. The van der Waals surface area contributed by atoms with Crippen LogP contribution in [0.4, 0.5) is 5.69 Å². The largest absolute Gasteiger partial charge is 0.496 e. The fourth-order valence-corrected chi connectivity index (χ4v) is 3.19. The van der Waals surface area contributed by atoms with Crippen LogP contribution in [0, 0.1) is 10.1 Å². The third-order valence-electron chi connectivity index (χ3n) is 3.06.